The smallest absolute Gasteiger partial charge is 0.254 e. The molecular weight excluding hydrogens is 310 g/mol. The summed E-state index contributed by atoms with van der Waals surface area (Å²) in [5.74, 6) is 0.227. The van der Waals surface area contributed by atoms with Gasteiger partial charge >= 0.3 is 0 Å². The zero-order chi connectivity index (χ0) is 16.0. The zero-order valence-electron chi connectivity index (χ0n) is 13.5. The van der Waals surface area contributed by atoms with Crippen LogP contribution in [-0.4, -0.2) is 47.0 Å². The first-order chi connectivity index (χ1) is 11.1. The van der Waals surface area contributed by atoms with E-state index in [1.54, 1.807) is 0 Å². The predicted octanol–water partition coefficient (Wildman–Crippen LogP) is 3.04. The molecule has 1 unspecified atom stereocenters. The minimum absolute atomic E-state index is 0.0648. The van der Waals surface area contributed by atoms with Gasteiger partial charge in [0.15, 0.2) is 6.29 Å². The second-order valence-corrected chi connectivity index (χ2v) is 7.15. The van der Waals surface area contributed by atoms with Crippen LogP contribution >= 0.6 is 11.6 Å². The fourth-order valence-corrected chi connectivity index (χ4v) is 4.20. The van der Waals surface area contributed by atoms with Gasteiger partial charge in [-0.15, -0.1) is 0 Å². The van der Waals surface area contributed by atoms with Crippen molar-refractivity contribution in [2.24, 2.45) is 0 Å². The third-order valence-corrected chi connectivity index (χ3v) is 5.47. The highest BCUT2D eigenvalue weighted by molar-refractivity contribution is 6.30. The molecule has 23 heavy (non-hydrogen) atoms. The molecule has 1 aromatic carbocycles. The Morgan fingerprint density at radius 1 is 1.13 bits per heavy atom. The maximum absolute atomic E-state index is 13.1. The molecular formula is C18H22ClN3O. The van der Waals surface area contributed by atoms with Gasteiger partial charge in [0.1, 0.15) is 0 Å². The molecule has 2 aliphatic heterocycles. The molecule has 3 aliphatic rings. The van der Waals surface area contributed by atoms with Crippen LogP contribution in [0.25, 0.3) is 0 Å². The highest BCUT2D eigenvalue weighted by Crippen LogP contribution is 2.38. The molecule has 0 saturated carbocycles. The monoisotopic (exact) mass is 331 g/mol. The van der Waals surface area contributed by atoms with E-state index in [9.17, 15) is 4.79 Å². The van der Waals surface area contributed by atoms with Gasteiger partial charge in [-0.3, -0.25) is 9.69 Å². The van der Waals surface area contributed by atoms with Crippen LogP contribution in [0.15, 0.2) is 35.5 Å². The molecule has 0 aromatic heterocycles. The fourth-order valence-electron chi connectivity index (χ4n) is 4.07. The van der Waals surface area contributed by atoms with Gasteiger partial charge in [0.2, 0.25) is 0 Å². The van der Waals surface area contributed by atoms with Crippen molar-refractivity contribution in [1.82, 2.24) is 14.7 Å². The Labute approximate surface area is 142 Å². The first kappa shape index (κ1) is 15.0. The normalized spacial score (nSPS) is 25.0. The Morgan fingerprint density at radius 3 is 2.65 bits per heavy atom. The summed E-state index contributed by atoms with van der Waals surface area (Å²) in [6.07, 6.45) is 4.39. The average Bonchev–Trinajstić information content (AvgIpc) is 2.95. The molecule has 4 rings (SSSR count). The maximum atomic E-state index is 13.1. The van der Waals surface area contributed by atoms with E-state index in [0.717, 1.165) is 48.5 Å². The van der Waals surface area contributed by atoms with Crippen molar-refractivity contribution in [3.05, 3.63) is 46.1 Å². The molecule has 1 amide bonds. The summed E-state index contributed by atoms with van der Waals surface area (Å²) in [4.78, 5) is 19.9. The van der Waals surface area contributed by atoms with Gasteiger partial charge < -0.3 is 9.80 Å². The second kappa shape index (κ2) is 5.84. The van der Waals surface area contributed by atoms with Crippen molar-refractivity contribution in [1.29, 1.82) is 0 Å². The summed E-state index contributed by atoms with van der Waals surface area (Å²) in [6.45, 7) is 2.66. The Bertz CT molecular complexity index is 655. The molecule has 1 saturated heterocycles. The summed E-state index contributed by atoms with van der Waals surface area (Å²) in [5, 5.41) is 0.732. The van der Waals surface area contributed by atoms with E-state index in [0.29, 0.717) is 6.54 Å². The van der Waals surface area contributed by atoms with E-state index >= 15 is 0 Å². The van der Waals surface area contributed by atoms with Crippen LogP contribution in [0, 0.1) is 0 Å². The van der Waals surface area contributed by atoms with Crippen molar-refractivity contribution >= 4 is 17.5 Å². The largest absolute Gasteiger partial charge is 0.341 e. The molecule has 122 valence electrons. The summed E-state index contributed by atoms with van der Waals surface area (Å²) in [7, 11) is 2.11. The van der Waals surface area contributed by atoms with Crippen molar-refractivity contribution in [3.63, 3.8) is 0 Å². The van der Waals surface area contributed by atoms with Gasteiger partial charge in [0.25, 0.3) is 5.91 Å². The van der Waals surface area contributed by atoms with E-state index in [2.05, 4.69) is 16.8 Å². The third-order valence-electron chi connectivity index (χ3n) is 5.22. The second-order valence-electron chi connectivity index (χ2n) is 6.71. The number of amides is 1. The lowest BCUT2D eigenvalue weighted by atomic mass is 9.92. The van der Waals surface area contributed by atoms with Crippen LogP contribution in [0.5, 0.6) is 0 Å². The first-order valence-corrected chi connectivity index (χ1v) is 8.77. The average molecular weight is 332 g/mol. The molecule has 5 heteroatoms. The number of hydrogen-bond donors (Lipinski definition) is 0. The number of rotatable bonds is 2. The molecule has 0 radical (unpaired) electrons. The first-order valence-electron chi connectivity index (χ1n) is 8.39. The van der Waals surface area contributed by atoms with Gasteiger partial charge in [-0.25, -0.2) is 0 Å². The minimum Gasteiger partial charge on any atom is -0.341 e. The maximum Gasteiger partial charge on any atom is 0.254 e. The van der Waals surface area contributed by atoms with Crippen LogP contribution in [0.3, 0.4) is 0 Å². The van der Waals surface area contributed by atoms with Crippen LogP contribution in [-0.2, 0) is 11.3 Å². The van der Waals surface area contributed by atoms with Crippen molar-refractivity contribution < 1.29 is 4.79 Å². The van der Waals surface area contributed by atoms with Gasteiger partial charge in [-0.2, -0.15) is 0 Å². The molecule has 1 aliphatic carbocycles. The van der Waals surface area contributed by atoms with Crippen molar-refractivity contribution in [2.75, 3.05) is 20.1 Å². The lowest BCUT2D eigenvalue weighted by Crippen LogP contribution is -2.57. The SMILES string of the molecule is CN1CCN2C3=C(CCCC3)C(=O)N(Cc3ccc(Cl)cc3)C12. The van der Waals surface area contributed by atoms with Crippen LogP contribution in [0.2, 0.25) is 5.02 Å². The van der Waals surface area contributed by atoms with Crippen LogP contribution in [0.4, 0.5) is 0 Å². The van der Waals surface area contributed by atoms with E-state index in [1.807, 2.05) is 29.2 Å². The molecule has 1 aromatic rings. The topological polar surface area (TPSA) is 26.8 Å². The Kier molecular flexibility index (Phi) is 3.82. The zero-order valence-corrected chi connectivity index (χ0v) is 14.2. The summed E-state index contributed by atoms with van der Waals surface area (Å²) in [5.41, 5.74) is 3.49. The number of halogens is 1. The highest BCUT2D eigenvalue weighted by Gasteiger charge is 2.44. The lowest BCUT2D eigenvalue weighted by molar-refractivity contribution is -0.141. The van der Waals surface area contributed by atoms with E-state index in [1.165, 1.54) is 12.1 Å². The number of carbonyl (C=O) groups excluding carboxylic acids is 1. The lowest BCUT2D eigenvalue weighted by Gasteiger charge is -2.46. The Morgan fingerprint density at radius 2 is 1.87 bits per heavy atom. The number of nitrogens with zero attached hydrogens (tertiary/aromatic N) is 3. The Balaban J connectivity index is 1.68. The molecule has 0 N–H and O–H groups in total. The summed E-state index contributed by atoms with van der Waals surface area (Å²) < 4.78 is 0. The van der Waals surface area contributed by atoms with Crippen molar-refractivity contribution in [2.45, 2.75) is 38.5 Å². The number of allylic oxidation sites excluding steroid dienone is 1. The van der Waals surface area contributed by atoms with Gasteiger partial charge in [0, 0.05) is 35.9 Å². The molecule has 0 bridgehead atoms. The molecule has 1 atom stereocenters. The van der Waals surface area contributed by atoms with Gasteiger partial charge in [0.05, 0.1) is 0 Å². The van der Waals surface area contributed by atoms with Crippen molar-refractivity contribution in [3.8, 4) is 0 Å². The quantitative estimate of drug-likeness (QED) is 0.833. The van der Waals surface area contributed by atoms with E-state index in [-0.39, 0.29) is 12.2 Å². The van der Waals surface area contributed by atoms with Gasteiger partial charge in [-0.1, -0.05) is 23.7 Å². The summed E-state index contributed by atoms with van der Waals surface area (Å²) in [6, 6.07) is 7.82. The Hall–Kier alpha value is -1.52. The predicted molar refractivity (Wildman–Crippen MR) is 90.6 cm³/mol. The third kappa shape index (κ3) is 2.54. The van der Waals surface area contributed by atoms with Crippen LogP contribution < -0.4 is 0 Å². The van der Waals surface area contributed by atoms with Crippen LogP contribution in [0.1, 0.15) is 31.2 Å². The minimum atomic E-state index is 0.0648. The fraction of sp³-hybridized carbons (Fsp3) is 0.500. The number of hydrogen-bond acceptors (Lipinski definition) is 3. The molecule has 0 spiro atoms. The van der Waals surface area contributed by atoms with E-state index in [4.69, 9.17) is 11.6 Å². The number of benzene rings is 1. The number of carbonyl (C=O) groups is 1. The molecule has 4 nitrogen and oxygen atoms in total. The summed E-state index contributed by atoms with van der Waals surface area (Å²) >= 11 is 5.98. The highest BCUT2D eigenvalue weighted by atomic mass is 35.5. The number of likely N-dealkylation sites (N-methyl/N-ethyl adjacent to an activating group) is 1. The standard InChI is InChI=1S/C18H22ClN3O/c1-20-10-11-21-16-5-3-2-4-15(16)17(23)22(18(20)21)12-13-6-8-14(19)9-7-13/h6-9,18H,2-5,10-12H2,1H3. The van der Waals surface area contributed by atoms with Gasteiger partial charge in [-0.05, 0) is 50.4 Å². The molecule has 2 heterocycles. The number of fused-ring (bicyclic) bond motifs is 2. The van der Waals surface area contributed by atoms with E-state index < -0.39 is 0 Å². The molecule has 1 fully saturated rings.